The fourth-order valence-electron chi connectivity index (χ4n) is 4.01. The van der Waals surface area contributed by atoms with E-state index >= 15 is 0 Å². The van der Waals surface area contributed by atoms with Crippen LogP contribution in [0.5, 0.6) is 0 Å². The molecule has 2 atom stereocenters. The van der Waals surface area contributed by atoms with Gasteiger partial charge in [-0.3, -0.25) is 9.48 Å². The summed E-state index contributed by atoms with van der Waals surface area (Å²) in [5.41, 5.74) is 1.85. The third-order valence-electron chi connectivity index (χ3n) is 5.78. The number of piperidine rings is 1. The fourth-order valence-corrected chi connectivity index (χ4v) is 4.01. The summed E-state index contributed by atoms with van der Waals surface area (Å²) < 4.78 is 1.75. The number of aliphatic hydroxyl groups is 1. The molecule has 1 aromatic heterocycles. The quantitative estimate of drug-likeness (QED) is 0.778. The van der Waals surface area contributed by atoms with Gasteiger partial charge in [0.15, 0.2) is 5.69 Å². The number of amides is 1. The molecule has 0 spiro atoms. The zero-order valence-electron chi connectivity index (χ0n) is 15.8. The molecule has 1 amide bonds. The SMILES string of the molecule is Cn1nc(C(=O)N2CC[C@](C)(O)[C@H](Cc3ccccc3)C2)c2ccccc21. The molecular weight excluding hydrogens is 338 g/mol. The predicted molar refractivity (Wildman–Crippen MR) is 105 cm³/mol. The van der Waals surface area contributed by atoms with Crippen LogP contribution in [0.15, 0.2) is 54.6 Å². The summed E-state index contributed by atoms with van der Waals surface area (Å²) in [5, 5.41) is 16.2. The first-order valence-electron chi connectivity index (χ1n) is 9.43. The summed E-state index contributed by atoms with van der Waals surface area (Å²) in [6.45, 7) is 2.96. The van der Waals surface area contributed by atoms with Crippen LogP contribution in [0.2, 0.25) is 0 Å². The van der Waals surface area contributed by atoms with Crippen molar-refractivity contribution in [2.75, 3.05) is 13.1 Å². The van der Waals surface area contributed by atoms with Crippen molar-refractivity contribution in [1.82, 2.24) is 14.7 Å². The lowest BCUT2D eigenvalue weighted by Gasteiger charge is -2.42. The highest BCUT2D eigenvalue weighted by molar-refractivity contribution is 6.04. The molecule has 2 aromatic carbocycles. The molecule has 5 nitrogen and oxygen atoms in total. The molecule has 4 rings (SSSR count). The minimum Gasteiger partial charge on any atom is -0.390 e. The highest BCUT2D eigenvalue weighted by Crippen LogP contribution is 2.31. The van der Waals surface area contributed by atoms with Crippen molar-refractivity contribution in [1.29, 1.82) is 0 Å². The minimum atomic E-state index is -0.779. The lowest BCUT2D eigenvalue weighted by atomic mass is 9.78. The van der Waals surface area contributed by atoms with Crippen LogP contribution in [0, 0.1) is 5.92 Å². The second-order valence-electron chi connectivity index (χ2n) is 7.73. The van der Waals surface area contributed by atoms with E-state index in [4.69, 9.17) is 0 Å². The molecule has 0 bridgehead atoms. The van der Waals surface area contributed by atoms with Crippen LogP contribution in [-0.4, -0.2) is 44.4 Å². The van der Waals surface area contributed by atoms with Gasteiger partial charge in [0.25, 0.3) is 5.91 Å². The molecule has 1 aliphatic rings. The summed E-state index contributed by atoms with van der Waals surface area (Å²) in [7, 11) is 1.86. The first-order valence-corrected chi connectivity index (χ1v) is 9.43. The van der Waals surface area contributed by atoms with Crippen LogP contribution in [0.1, 0.15) is 29.4 Å². The molecule has 1 saturated heterocycles. The largest absolute Gasteiger partial charge is 0.390 e. The Kier molecular flexibility index (Phi) is 4.48. The number of fused-ring (bicyclic) bond motifs is 1. The molecule has 1 N–H and O–H groups in total. The van der Waals surface area contributed by atoms with Crippen LogP contribution in [0.4, 0.5) is 0 Å². The smallest absolute Gasteiger partial charge is 0.275 e. The second kappa shape index (κ2) is 6.82. The van der Waals surface area contributed by atoms with E-state index < -0.39 is 5.60 Å². The number of aryl methyl sites for hydroxylation is 1. The molecule has 0 radical (unpaired) electrons. The number of para-hydroxylation sites is 1. The van der Waals surface area contributed by atoms with E-state index in [-0.39, 0.29) is 11.8 Å². The lowest BCUT2D eigenvalue weighted by Crippen LogP contribution is -2.52. The summed E-state index contributed by atoms with van der Waals surface area (Å²) in [6, 6.07) is 17.9. The molecule has 27 heavy (non-hydrogen) atoms. The maximum atomic E-state index is 13.2. The van der Waals surface area contributed by atoms with Crippen LogP contribution in [-0.2, 0) is 13.5 Å². The van der Waals surface area contributed by atoms with Gasteiger partial charge in [0, 0.05) is 31.4 Å². The van der Waals surface area contributed by atoms with Gasteiger partial charge in [0.1, 0.15) is 0 Å². The number of likely N-dealkylation sites (tertiary alicyclic amines) is 1. The number of hydrogen-bond acceptors (Lipinski definition) is 3. The molecule has 0 aliphatic carbocycles. The summed E-state index contributed by atoms with van der Waals surface area (Å²) in [5.74, 6) is -0.0621. The Morgan fingerprint density at radius 1 is 1.19 bits per heavy atom. The Morgan fingerprint density at radius 2 is 1.89 bits per heavy atom. The third kappa shape index (κ3) is 3.35. The van der Waals surface area contributed by atoms with Crippen LogP contribution in [0.25, 0.3) is 10.9 Å². The van der Waals surface area contributed by atoms with Gasteiger partial charge < -0.3 is 10.0 Å². The van der Waals surface area contributed by atoms with Gasteiger partial charge in [-0.15, -0.1) is 0 Å². The Bertz CT molecular complexity index is 962. The van der Waals surface area contributed by atoms with Gasteiger partial charge in [-0.25, -0.2) is 0 Å². The molecule has 140 valence electrons. The highest BCUT2D eigenvalue weighted by atomic mass is 16.3. The van der Waals surface area contributed by atoms with E-state index in [2.05, 4.69) is 17.2 Å². The predicted octanol–water partition coefficient (Wildman–Crippen LogP) is 3.03. The molecule has 3 aromatic rings. The van der Waals surface area contributed by atoms with Crippen LogP contribution < -0.4 is 0 Å². The molecule has 0 unspecified atom stereocenters. The fraction of sp³-hybridized carbons (Fsp3) is 0.364. The highest BCUT2D eigenvalue weighted by Gasteiger charge is 2.39. The van der Waals surface area contributed by atoms with Gasteiger partial charge in [0.05, 0.1) is 11.1 Å². The third-order valence-corrected chi connectivity index (χ3v) is 5.78. The van der Waals surface area contributed by atoms with E-state index in [1.54, 1.807) is 4.68 Å². The first kappa shape index (κ1) is 17.7. The number of benzene rings is 2. The maximum Gasteiger partial charge on any atom is 0.275 e. The zero-order valence-corrected chi connectivity index (χ0v) is 15.8. The van der Waals surface area contributed by atoms with Gasteiger partial charge in [0.2, 0.25) is 0 Å². The van der Waals surface area contributed by atoms with Crippen molar-refractivity contribution < 1.29 is 9.90 Å². The number of aromatic nitrogens is 2. The molecule has 2 heterocycles. The Balaban J connectivity index is 1.59. The Labute approximate surface area is 159 Å². The van der Waals surface area contributed by atoms with Crippen LogP contribution >= 0.6 is 0 Å². The first-order chi connectivity index (χ1) is 13.0. The van der Waals surface area contributed by atoms with Gasteiger partial charge >= 0.3 is 0 Å². The van der Waals surface area contributed by atoms with E-state index in [1.807, 2.05) is 61.3 Å². The van der Waals surface area contributed by atoms with Crippen molar-refractivity contribution in [3.05, 3.63) is 65.9 Å². The molecule has 5 heteroatoms. The zero-order chi connectivity index (χ0) is 19.0. The van der Waals surface area contributed by atoms with Crippen LogP contribution in [0.3, 0.4) is 0 Å². The Morgan fingerprint density at radius 3 is 2.67 bits per heavy atom. The summed E-state index contributed by atoms with van der Waals surface area (Å²) >= 11 is 0. The summed E-state index contributed by atoms with van der Waals surface area (Å²) in [6.07, 6.45) is 1.32. The van der Waals surface area contributed by atoms with Crippen molar-refractivity contribution >= 4 is 16.8 Å². The van der Waals surface area contributed by atoms with Gasteiger partial charge in [-0.2, -0.15) is 5.10 Å². The molecule has 0 saturated carbocycles. The van der Waals surface area contributed by atoms with Crippen molar-refractivity contribution in [2.24, 2.45) is 13.0 Å². The molecular formula is C22H25N3O2. The van der Waals surface area contributed by atoms with Gasteiger partial charge in [-0.05, 0) is 31.4 Å². The molecule has 1 aliphatic heterocycles. The van der Waals surface area contributed by atoms with Crippen molar-refractivity contribution in [3.63, 3.8) is 0 Å². The van der Waals surface area contributed by atoms with E-state index in [1.165, 1.54) is 5.56 Å². The average molecular weight is 363 g/mol. The normalized spacial score (nSPS) is 22.9. The van der Waals surface area contributed by atoms with Crippen molar-refractivity contribution in [3.8, 4) is 0 Å². The van der Waals surface area contributed by atoms with Gasteiger partial charge in [-0.1, -0.05) is 48.5 Å². The second-order valence-corrected chi connectivity index (χ2v) is 7.73. The topological polar surface area (TPSA) is 58.4 Å². The Hall–Kier alpha value is -2.66. The number of nitrogens with zero attached hydrogens (tertiary/aromatic N) is 3. The monoisotopic (exact) mass is 363 g/mol. The van der Waals surface area contributed by atoms with E-state index in [9.17, 15) is 9.90 Å². The van der Waals surface area contributed by atoms with E-state index in [0.717, 1.165) is 17.3 Å². The minimum absolute atomic E-state index is 0.00687. The van der Waals surface area contributed by atoms with E-state index in [0.29, 0.717) is 25.2 Å². The average Bonchev–Trinajstić information content (AvgIpc) is 3.01. The number of hydrogen-bond donors (Lipinski definition) is 1. The molecule has 1 fully saturated rings. The number of rotatable bonds is 3. The summed E-state index contributed by atoms with van der Waals surface area (Å²) in [4.78, 5) is 15.1. The van der Waals surface area contributed by atoms with Crippen molar-refractivity contribution in [2.45, 2.75) is 25.4 Å². The maximum absolute atomic E-state index is 13.2. The number of carbonyl (C=O) groups is 1. The number of carbonyl (C=O) groups excluding carboxylic acids is 1. The lowest BCUT2D eigenvalue weighted by molar-refractivity contribution is -0.0508. The standard InChI is InChI=1S/C22H25N3O2/c1-22(27)12-13-25(15-17(22)14-16-8-4-3-5-9-16)21(26)20-18-10-6-7-11-19(18)24(2)23-20/h3-11,17,27H,12-15H2,1-2H3/t17-,22+/m1/s1.